The number of aromatic nitrogens is 2. The number of halogens is 1. The Kier molecular flexibility index (Phi) is 3.32. The number of hydrogen-bond acceptors (Lipinski definition) is 2. The zero-order chi connectivity index (χ0) is 15.9. The van der Waals surface area contributed by atoms with Crippen molar-refractivity contribution in [1.82, 2.24) is 9.55 Å². The molecule has 0 unspecified atom stereocenters. The monoisotopic (exact) mass is 296 g/mol. The van der Waals surface area contributed by atoms with Crippen molar-refractivity contribution >= 4 is 16.9 Å². The lowest BCUT2D eigenvalue weighted by Crippen LogP contribution is -2.24. The number of fused-ring (bicyclic) bond motifs is 1. The highest BCUT2D eigenvalue weighted by molar-refractivity contribution is 6.01. The number of para-hydroxylation sites is 2. The van der Waals surface area contributed by atoms with Gasteiger partial charge in [-0.1, -0.05) is 32.9 Å². The first kappa shape index (κ1) is 14.4. The summed E-state index contributed by atoms with van der Waals surface area (Å²) >= 11 is 0. The molecular weight excluding hydrogens is 279 g/mol. The van der Waals surface area contributed by atoms with Crippen molar-refractivity contribution in [1.29, 1.82) is 0 Å². The molecule has 4 heteroatoms. The molecule has 0 spiro atoms. The molecule has 0 aliphatic carbocycles. The number of carbonyl (C=O) groups excluding carboxylic acids is 1. The Bertz CT molecular complexity index is 842. The number of hydrogen-bond donors (Lipinski definition) is 0. The Morgan fingerprint density at radius 1 is 1.05 bits per heavy atom. The van der Waals surface area contributed by atoms with Crippen molar-refractivity contribution in [2.75, 3.05) is 0 Å². The lowest BCUT2D eigenvalue weighted by molar-refractivity contribution is 0.0957. The maximum atomic E-state index is 13.1. The smallest absolute Gasteiger partial charge is 0.263 e. The van der Waals surface area contributed by atoms with Crippen molar-refractivity contribution in [3.05, 3.63) is 65.7 Å². The van der Waals surface area contributed by atoms with Gasteiger partial charge in [-0.2, -0.15) is 0 Å². The molecule has 3 nitrogen and oxygen atoms in total. The van der Waals surface area contributed by atoms with E-state index in [2.05, 4.69) is 4.98 Å². The Labute approximate surface area is 128 Å². The van der Waals surface area contributed by atoms with Crippen molar-refractivity contribution in [3.63, 3.8) is 0 Å². The normalized spacial score (nSPS) is 11.8. The van der Waals surface area contributed by atoms with Gasteiger partial charge in [0.1, 0.15) is 11.6 Å². The van der Waals surface area contributed by atoms with Gasteiger partial charge in [0, 0.05) is 11.0 Å². The predicted molar refractivity (Wildman–Crippen MR) is 84.6 cm³/mol. The number of imidazole rings is 1. The average Bonchev–Trinajstić information content (AvgIpc) is 2.87. The second-order valence-electron chi connectivity index (χ2n) is 6.32. The van der Waals surface area contributed by atoms with Crippen LogP contribution in [-0.2, 0) is 5.41 Å². The van der Waals surface area contributed by atoms with E-state index >= 15 is 0 Å². The van der Waals surface area contributed by atoms with E-state index in [4.69, 9.17) is 0 Å². The Morgan fingerprint density at radius 2 is 1.68 bits per heavy atom. The molecule has 1 aromatic heterocycles. The topological polar surface area (TPSA) is 34.9 Å². The second-order valence-corrected chi connectivity index (χ2v) is 6.32. The summed E-state index contributed by atoms with van der Waals surface area (Å²) in [5.41, 5.74) is 1.70. The highest BCUT2D eigenvalue weighted by Gasteiger charge is 2.26. The molecule has 3 rings (SSSR count). The quantitative estimate of drug-likeness (QED) is 0.676. The van der Waals surface area contributed by atoms with Gasteiger partial charge in [-0.3, -0.25) is 9.36 Å². The van der Waals surface area contributed by atoms with Gasteiger partial charge in [-0.05, 0) is 36.4 Å². The first-order valence-electron chi connectivity index (χ1n) is 7.16. The number of rotatable bonds is 1. The zero-order valence-electron chi connectivity index (χ0n) is 12.8. The van der Waals surface area contributed by atoms with E-state index in [9.17, 15) is 9.18 Å². The van der Waals surface area contributed by atoms with Gasteiger partial charge < -0.3 is 0 Å². The van der Waals surface area contributed by atoms with Gasteiger partial charge in [0.2, 0.25) is 0 Å². The molecule has 0 radical (unpaired) electrons. The van der Waals surface area contributed by atoms with Crippen LogP contribution in [0.3, 0.4) is 0 Å². The highest BCUT2D eigenvalue weighted by Crippen LogP contribution is 2.27. The third kappa shape index (κ3) is 2.41. The van der Waals surface area contributed by atoms with Crippen LogP contribution in [0.25, 0.3) is 11.0 Å². The fourth-order valence-corrected chi connectivity index (χ4v) is 2.46. The van der Waals surface area contributed by atoms with E-state index in [-0.39, 0.29) is 17.1 Å². The summed E-state index contributed by atoms with van der Waals surface area (Å²) in [5.74, 6) is 0.143. The van der Waals surface area contributed by atoms with Gasteiger partial charge in [-0.15, -0.1) is 0 Å². The summed E-state index contributed by atoms with van der Waals surface area (Å²) < 4.78 is 14.7. The van der Waals surface area contributed by atoms with Gasteiger partial charge in [0.15, 0.2) is 0 Å². The summed E-state index contributed by atoms with van der Waals surface area (Å²) in [4.78, 5) is 17.5. The van der Waals surface area contributed by atoms with Crippen molar-refractivity contribution < 1.29 is 9.18 Å². The van der Waals surface area contributed by atoms with E-state index in [0.29, 0.717) is 11.4 Å². The first-order valence-corrected chi connectivity index (χ1v) is 7.16. The van der Waals surface area contributed by atoms with Gasteiger partial charge >= 0.3 is 0 Å². The number of nitrogens with zero attached hydrogens (tertiary/aromatic N) is 2. The zero-order valence-corrected chi connectivity index (χ0v) is 12.8. The molecule has 22 heavy (non-hydrogen) atoms. The predicted octanol–water partition coefficient (Wildman–Crippen LogP) is 4.16. The first-order chi connectivity index (χ1) is 10.4. The van der Waals surface area contributed by atoms with E-state index in [0.717, 1.165) is 11.0 Å². The van der Waals surface area contributed by atoms with Crippen LogP contribution in [0, 0.1) is 5.82 Å². The largest absolute Gasteiger partial charge is 0.268 e. The van der Waals surface area contributed by atoms with Crippen LogP contribution in [0.1, 0.15) is 37.0 Å². The van der Waals surface area contributed by atoms with Crippen LogP contribution < -0.4 is 0 Å². The molecule has 0 fully saturated rings. The maximum absolute atomic E-state index is 13.1. The Balaban J connectivity index is 2.24. The number of benzene rings is 2. The molecule has 1 heterocycles. The van der Waals surface area contributed by atoms with Crippen LogP contribution in [0.15, 0.2) is 48.5 Å². The van der Waals surface area contributed by atoms with Crippen molar-refractivity contribution in [2.45, 2.75) is 26.2 Å². The minimum Gasteiger partial charge on any atom is -0.268 e. The highest BCUT2D eigenvalue weighted by atomic mass is 19.1. The summed E-state index contributed by atoms with van der Waals surface area (Å²) in [7, 11) is 0. The van der Waals surface area contributed by atoms with Crippen molar-refractivity contribution in [2.24, 2.45) is 0 Å². The molecule has 0 saturated heterocycles. The summed E-state index contributed by atoms with van der Waals surface area (Å²) in [6.45, 7) is 6.05. The third-order valence-corrected chi connectivity index (χ3v) is 3.53. The molecule has 112 valence electrons. The van der Waals surface area contributed by atoms with E-state index in [1.807, 2.05) is 45.0 Å². The van der Waals surface area contributed by atoms with Crippen molar-refractivity contribution in [3.8, 4) is 0 Å². The SMILES string of the molecule is CC(C)(C)c1nc2ccccc2n1C(=O)c1ccc(F)cc1. The van der Waals surface area contributed by atoms with E-state index in [1.54, 1.807) is 4.57 Å². The van der Waals surface area contributed by atoms with Crippen LogP contribution in [-0.4, -0.2) is 15.5 Å². The lowest BCUT2D eigenvalue weighted by atomic mass is 9.95. The van der Waals surface area contributed by atoms with Crippen LogP contribution in [0.2, 0.25) is 0 Å². The average molecular weight is 296 g/mol. The molecular formula is C18H17FN2O. The molecule has 0 saturated carbocycles. The van der Waals surface area contributed by atoms with Crippen LogP contribution >= 0.6 is 0 Å². The summed E-state index contributed by atoms with van der Waals surface area (Å²) in [6, 6.07) is 13.1. The van der Waals surface area contributed by atoms with Gasteiger partial charge in [0.05, 0.1) is 11.0 Å². The Morgan fingerprint density at radius 3 is 2.32 bits per heavy atom. The van der Waals surface area contributed by atoms with E-state index < -0.39 is 0 Å². The minimum absolute atomic E-state index is 0.196. The molecule has 2 aromatic carbocycles. The molecule has 3 aromatic rings. The molecule has 0 atom stereocenters. The summed E-state index contributed by atoms with van der Waals surface area (Å²) in [5, 5.41) is 0. The van der Waals surface area contributed by atoms with Crippen LogP contribution in [0.4, 0.5) is 4.39 Å². The van der Waals surface area contributed by atoms with E-state index in [1.165, 1.54) is 24.3 Å². The standard InChI is InChI=1S/C18H17FN2O/c1-18(2,3)17-20-14-6-4-5-7-15(14)21(17)16(22)12-8-10-13(19)11-9-12/h4-11H,1-3H3. The Hall–Kier alpha value is -2.49. The molecule has 0 aliphatic heterocycles. The fraction of sp³-hybridized carbons (Fsp3) is 0.222. The summed E-state index contributed by atoms with van der Waals surface area (Å²) in [6.07, 6.45) is 0. The number of carbonyl (C=O) groups is 1. The van der Waals surface area contributed by atoms with Gasteiger partial charge in [-0.25, -0.2) is 9.37 Å². The molecule has 0 aliphatic rings. The van der Waals surface area contributed by atoms with Crippen LogP contribution in [0.5, 0.6) is 0 Å². The molecule has 0 amide bonds. The lowest BCUT2D eigenvalue weighted by Gasteiger charge is -2.19. The maximum Gasteiger partial charge on any atom is 0.263 e. The fourth-order valence-electron chi connectivity index (χ4n) is 2.46. The molecule has 0 bridgehead atoms. The van der Waals surface area contributed by atoms with Gasteiger partial charge in [0.25, 0.3) is 5.91 Å². The third-order valence-electron chi connectivity index (χ3n) is 3.53. The minimum atomic E-state index is -0.358. The second kappa shape index (κ2) is 5.05. The molecule has 0 N–H and O–H groups in total.